The number of nitrogens with zero attached hydrogens (tertiary/aromatic N) is 2. The fourth-order valence-electron chi connectivity index (χ4n) is 4.72. The van der Waals surface area contributed by atoms with Crippen molar-refractivity contribution >= 4 is 28.8 Å². The highest BCUT2D eigenvalue weighted by Crippen LogP contribution is 2.56. The maximum atomic E-state index is 13.8. The molecule has 1 saturated carbocycles. The number of halogens is 1. The lowest BCUT2D eigenvalue weighted by molar-refractivity contribution is 0.0697. The molecule has 0 radical (unpaired) electrons. The van der Waals surface area contributed by atoms with Crippen LogP contribution in [0.3, 0.4) is 0 Å². The number of nitriles is 1. The summed E-state index contributed by atoms with van der Waals surface area (Å²) in [7, 11) is 0. The number of carboxylic acids is 1. The molecule has 0 spiro atoms. The van der Waals surface area contributed by atoms with Gasteiger partial charge in [-0.2, -0.15) is 5.26 Å². The molecule has 1 aliphatic carbocycles. The van der Waals surface area contributed by atoms with Crippen LogP contribution in [0.15, 0.2) is 60.7 Å². The van der Waals surface area contributed by atoms with E-state index in [1.165, 1.54) is 18.3 Å². The second kappa shape index (κ2) is 7.85. The summed E-state index contributed by atoms with van der Waals surface area (Å²) in [5.41, 5.74) is 11.2. The standard InChI is InChI=1S/C27H21FN4O2/c28-19-5-7-20(8-6-19)32-23-13-18(15-30)22(31)14-21(23)24(25(32)27(9-10-27)11-12-29)16-1-3-17(4-2-16)26(33)34/h1-8,13-15,30H,9-11,31H2,(H,33,34). The third-order valence-corrected chi connectivity index (χ3v) is 6.61. The van der Waals surface area contributed by atoms with Crippen molar-refractivity contribution in [3.05, 3.63) is 83.3 Å². The van der Waals surface area contributed by atoms with Gasteiger partial charge >= 0.3 is 5.97 Å². The van der Waals surface area contributed by atoms with E-state index < -0.39 is 5.97 Å². The van der Waals surface area contributed by atoms with Gasteiger partial charge in [0.25, 0.3) is 0 Å². The molecule has 1 aliphatic rings. The summed E-state index contributed by atoms with van der Waals surface area (Å²) in [6, 6.07) is 18.8. The molecule has 168 valence electrons. The van der Waals surface area contributed by atoms with Crippen LogP contribution in [-0.2, 0) is 5.41 Å². The summed E-state index contributed by atoms with van der Waals surface area (Å²) in [5.74, 6) is -1.36. The summed E-state index contributed by atoms with van der Waals surface area (Å²) in [5, 5.41) is 27.6. The highest BCUT2D eigenvalue weighted by atomic mass is 19.1. The van der Waals surface area contributed by atoms with Gasteiger partial charge in [0.2, 0.25) is 0 Å². The summed E-state index contributed by atoms with van der Waals surface area (Å²) < 4.78 is 15.8. The van der Waals surface area contributed by atoms with Crippen LogP contribution in [0.25, 0.3) is 27.7 Å². The number of nitrogens with two attached hydrogens (primary N) is 1. The molecule has 7 heteroatoms. The first-order valence-corrected chi connectivity index (χ1v) is 10.8. The van der Waals surface area contributed by atoms with Crippen LogP contribution in [-0.4, -0.2) is 21.9 Å². The Kier molecular flexibility index (Phi) is 4.94. The second-order valence-electron chi connectivity index (χ2n) is 8.68. The van der Waals surface area contributed by atoms with Gasteiger partial charge in [0, 0.05) is 51.6 Å². The topological polar surface area (TPSA) is 116 Å². The third kappa shape index (κ3) is 3.32. The number of carbonyl (C=O) groups is 1. The number of aromatic nitrogens is 1. The number of benzene rings is 3. The van der Waals surface area contributed by atoms with E-state index in [1.54, 1.807) is 36.4 Å². The number of fused-ring (bicyclic) bond motifs is 1. The van der Waals surface area contributed by atoms with Crippen LogP contribution in [0, 0.1) is 22.6 Å². The number of aromatic carboxylic acids is 1. The van der Waals surface area contributed by atoms with E-state index in [0.717, 1.165) is 46.3 Å². The molecule has 1 aromatic heterocycles. The van der Waals surface area contributed by atoms with E-state index in [2.05, 4.69) is 6.07 Å². The molecule has 0 saturated heterocycles. The average Bonchev–Trinajstić information content (AvgIpc) is 3.53. The monoisotopic (exact) mass is 452 g/mol. The zero-order valence-electron chi connectivity index (χ0n) is 18.2. The minimum absolute atomic E-state index is 0.177. The SMILES string of the molecule is N#CCC1(c2c(-c3ccc(C(=O)O)cc3)c3cc(N)c(C=N)cc3n2-c2ccc(F)cc2)CC1. The van der Waals surface area contributed by atoms with Crippen molar-refractivity contribution < 1.29 is 14.3 Å². The van der Waals surface area contributed by atoms with Crippen LogP contribution in [0.5, 0.6) is 0 Å². The molecule has 34 heavy (non-hydrogen) atoms. The van der Waals surface area contributed by atoms with E-state index in [-0.39, 0.29) is 16.8 Å². The first-order chi connectivity index (χ1) is 16.4. The fraction of sp³-hybridized carbons (Fsp3) is 0.148. The predicted octanol–water partition coefficient (Wildman–Crippen LogP) is 5.66. The van der Waals surface area contributed by atoms with E-state index in [9.17, 15) is 19.6 Å². The minimum atomic E-state index is -1.01. The normalized spacial score (nSPS) is 14.0. The lowest BCUT2D eigenvalue weighted by Gasteiger charge is -2.19. The Hall–Kier alpha value is -4.44. The van der Waals surface area contributed by atoms with Crippen LogP contribution in [0.2, 0.25) is 0 Å². The number of nitrogens with one attached hydrogen (secondary N) is 1. The van der Waals surface area contributed by atoms with Gasteiger partial charge in [-0.05, 0) is 66.9 Å². The zero-order valence-corrected chi connectivity index (χ0v) is 18.2. The minimum Gasteiger partial charge on any atom is -0.478 e. The number of rotatable bonds is 6. The maximum Gasteiger partial charge on any atom is 0.335 e. The molecule has 1 fully saturated rings. The van der Waals surface area contributed by atoms with Gasteiger partial charge in [0.1, 0.15) is 5.82 Å². The highest BCUT2D eigenvalue weighted by molar-refractivity contribution is 6.05. The molecule has 6 nitrogen and oxygen atoms in total. The molecular formula is C27H21FN4O2. The molecular weight excluding hydrogens is 431 g/mol. The van der Waals surface area contributed by atoms with E-state index in [1.807, 2.05) is 16.7 Å². The summed E-state index contributed by atoms with van der Waals surface area (Å²) >= 11 is 0. The Balaban J connectivity index is 1.92. The van der Waals surface area contributed by atoms with Crippen LogP contribution in [0.1, 0.15) is 40.9 Å². The molecule has 0 unspecified atom stereocenters. The van der Waals surface area contributed by atoms with Crippen molar-refractivity contribution in [2.24, 2.45) is 0 Å². The van der Waals surface area contributed by atoms with Crippen molar-refractivity contribution in [1.29, 1.82) is 10.7 Å². The first kappa shape index (κ1) is 21.4. The number of anilines is 1. The lowest BCUT2D eigenvalue weighted by atomic mass is 9.90. The lowest BCUT2D eigenvalue weighted by Crippen LogP contribution is -2.13. The van der Waals surface area contributed by atoms with Gasteiger partial charge < -0.3 is 20.8 Å². The number of hydrogen-bond acceptors (Lipinski definition) is 4. The molecule has 4 aromatic rings. The molecule has 3 aromatic carbocycles. The summed E-state index contributed by atoms with van der Waals surface area (Å²) in [6.45, 7) is 0. The highest BCUT2D eigenvalue weighted by Gasteiger charge is 2.49. The quantitative estimate of drug-likeness (QED) is 0.258. The fourth-order valence-corrected chi connectivity index (χ4v) is 4.72. The molecule has 1 heterocycles. The first-order valence-electron chi connectivity index (χ1n) is 10.8. The Morgan fingerprint density at radius 2 is 1.85 bits per heavy atom. The van der Waals surface area contributed by atoms with E-state index in [4.69, 9.17) is 11.1 Å². The van der Waals surface area contributed by atoms with Crippen LogP contribution in [0.4, 0.5) is 10.1 Å². The van der Waals surface area contributed by atoms with Crippen molar-refractivity contribution in [3.63, 3.8) is 0 Å². The predicted molar refractivity (Wildman–Crippen MR) is 129 cm³/mol. The molecule has 5 rings (SSSR count). The number of hydrogen-bond donors (Lipinski definition) is 3. The van der Waals surface area contributed by atoms with Gasteiger partial charge in [0.05, 0.1) is 17.1 Å². The van der Waals surface area contributed by atoms with Gasteiger partial charge in [0.15, 0.2) is 0 Å². The molecule has 0 amide bonds. The van der Waals surface area contributed by atoms with Crippen molar-refractivity contribution in [2.45, 2.75) is 24.7 Å². The average molecular weight is 452 g/mol. The smallest absolute Gasteiger partial charge is 0.335 e. The van der Waals surface area contributed by atoms with Crippen LogP contribution >= 0.6 is 0 Å². The molecule has 0 atom stereocenters. The number of carboxylic acid groups (broad SMARTS) is 1. The maximum absolute atomic E-state index is 13.8. The Labute approximate surface area is 195 Å². The molecule has 0 aliphatic heterocycles. The largest absolute Gasteiger partial charge is 0.478 e. The Morgan fingerprint density at radius 1 is 1.18 bits per heavy atom. The van der Waals surface area contributed by atoms with Crippen molar-refractivity contribution in [3.8, 4) is 22.9 Å². The van der Waals surface area contributed by atoms with E-state index in [0.29, 0.717) is 17.7 Å². The van der Waals surface area contributed by atoms with Gasteiger partial charge in [-0.25, -0.2) is 9.18 Å². The van der Waals surface area contributed by atoms with Crippen molar-refractivity contribution in [1.82, 2.24) is 4.57 Å². The summed E-state index contributed by atoms with van der Waals surface area (Å²) in [4.78, 5) is 11.4. The van der Waals surface area contributed by atoms with Crippen molar-refractivity contribution in [2.75, 3.05) is 5.73 Å². The third-order valence-electron chi connectivity index (χ3n) is 6.61. The van der Waals surface area contributed by atoms with E-state index >= 15 is 0 Å². The Bertz CT molecular complexity index is 1490. The Morgan fingerprint density at radius 3 is 2.41 bits per heavy atom. The molecule has 0 bridgehead atoms. The van der Waals surface area contributed by atoms with Gasteiger partial charge in [-0.1, -0.05) is 12.1 Å². The number of nitrogen functional groups attached to an aromatic ring is 1. The van der Waals surface area contributed by atoms with Crippen LogP contribution < -0.4 is 5.73 Å². The van der Waals surface area contributed by atoms with Gasteiger partial charge in [-0.3, -0.25) is 0 Å². The molecule has 4 N–H and O–H groups in total. The van der Waals surface area contributed by atoms with Gasteiger partial charge in [-0.15, -0.1) is 0 Å². The summed E-state index contributed by atoms with van der Waals surface area (Å²) in [6.07, 6.45) is 3.16. The second-order valence-corrected chi connectivity index (χ2v) is 8.68. The zero-order chi connectivity index (χ0) is 24.0.